The second kappa shape index (κ2) is 5.47. The van der Waals surface area contributed by atoms with Gasteiger partial charge in [0.1, 0.15) is 0 Å². The summed E-state index contributed by atoms with van der Waals surface area (Å²) in [4.78, 5) is 16.4. The molecule has 4 heteroatoms. The van der Waals surface area contributed by atoms with Crippen LogP contribution in [-0.4, -0.2) is 55.1 Å². The number of carbonyl (C=O) groups excluding carboxylic acids is 1. The fourth-order valence-corrected chi connectivity index (χ4v) is 3.09. The van der Waals surface area contributed by atoms with Crippen molar-refractivity contribution in [3.8, 4) is 0 Å². The van der Waals surface area contributed by atoms with Crippen molar-refractivity contribution in [1.29, 1.82) is 0 Å². The monoisotopic (exact) mass is 253 g/mol. The third-order valence-electron chi connectivity index (χ3n) is 4.75. The first-order valence-electron chi connectivity index (χ1n) is 7.24. The number of rotatable bonds is 3. The third-order valence-corrected chi connectivity index (χ3v) is 4.75. The van der Waals surface area contributed by atoms with E-state index in [2.05, 4.69) is 31.2 Å². The van der Waals surface area contributed by atoms with E-state index in [0.717, 1.165) is 26.1 Å². The highest BCUT2D eigenvalue weighted by Crippen LogP contribution is 2.35. The minimum absolute atomic E-state index is 0.134. The van der Waals surface area contributed by atoms with Gasteiger partial charge in [-0.1, -0.05) is 6.92 Å². The van der Waals surface area contributed by atoms with Gasteiger partial charge in [-0.15, -0.1) is 0 Å². The van der Waals surface area contributed by atoms with Gasteiger partial charge in [0.05, 0.1) is 0 Å². The summed E-state index contributed by atoms with van der Waals surface area (Å²) in [6.45, 7) is 4.86. The fourth-order valence-electron chi connectivity index (χ4n) is 3.09. The third kappa shape index (κ3) is 2.79. The Balaban J connectivity index is 1.80. The number of amides is 2. The van der Waals surface area contributed by atoms with Gasteiger partial charge in [-0.2, -0.15) is 0 Å². The Morgan fingerprint density at radius 1 is 1.39 bits per heavy atom. The minimum Gasteiger partial charge on any atom is -0.336 e. The van der Waals surface area contributed by atoms with E-state index in [0.29, 0.717) is 5.92 Å². The normalized spacial score (nSPS) is 26.9. The second-order valence-electron chi connectivity index (χ2n) is 6.32. The Morgan fingerprint density at radius 2 is 2.11 bits per heavy atom. The van der Waals surface area contributed by atoms with Crippen LogP contribution in [0.1, 0.15) is 39.0 Å². The van der Waals surface area contributed by atoms with Crippen LogP contribution in [0, 0.1) is 5.92 Å². The molecule has 1 unspecified atom stereocenters. The van der Waals surface area contributed by atoms with Crippen LogP contribution in [0.4, 0.5) is 4.79 Å². The zero-order chi connectivity index (χ0) is 13.2. The van der Waals surface area contributed by atoms with Crippen LogP contribution in [0.25, 0.3) is 0 Å². The van der Waals surface area contributed by atoms with Gasteiger partial charge in [-0.3, -0.25) is 0 Å². The molecule has 1 heterocycles. The molecule has 1 saturated heterocycles. The number of urea groups is 1. The summed E-state index contributed by atoms with van der Waals surface area (Å²) in [7, 11) is 4.24. The van der Waals surface area contributed by atoms with Crippen LogP contribution in [0.15, 0.2) is 0 Å². The first-order chi connectivity index (χ1) is 8.53. The average molecular weight is 253 g/mol. The largest absolute Gasteiger partial charge is 0.336 e. The zero-order valence-corrected chi connectivity index (χ0v) is 12.0. The van der Waals surface area contributed by atoms with Crippen LogP contribution in [0.3, 0.4) is 0 Å². The van der Waals surface area contributed by atoms with E-state index in [1.54, 1.807) is 0 Å². The Hall–Kier alpha value is -0.770. The van der Waals surface area contributed by atoms with Crippen molar-refractivity contribution in [3.63, 3.8) is 0 Å². The number of piperidine rings is 1. The zero-order valence-electron chi connectivity index (χ0n) is 12.0. The number of hydrogen-bond acceptors (Lipinski definition) is 2. The summed E-state index contributed by atoms with van der Waals surface area (Å²) >= 11 is 0. The molecule has 2 aliphatic rings. The maximum Gasteiger partial charge on any atom is 0.317 e. The number of nitrogens with one attached hydrogen (secondary N) is 1. The van der Waals surface area contributed by atoms with Gasteiger partial charge in [0.15, 0.2) is 0 Å². The molecular formula is C14H27N3O. The first kappa shape index (κ1) is 13.7. The van der Waals surface area contributed by atoms with Crippen molar-refractivity contribution in [2.45, 2.75) is 44.6 Å². The van der Waals surface area contributed by atoms with E-state index < -0.39 is 0 Å². The summed E-state index contributed by atoms with van der Waals surface area (Å²) in [5.74, 6) is 0.649. The molecule has 0 aromatic rings. The lowest BCUT2D eigenvalue weighted by Crippen LogP contribution is -2.59. The highest BCUT2D eigenvalue weighted by Gasteiger charge is 2.39. The molecule has 1 saturated carbocycles. The van der Waals surface area contributed by atoms with Gasteiger partial charge in [0.25, 0.3) is 0 Å². The molecule has 1 N–H and O–H groups in total. The standard InChI is InChI=1S/C14H27N3O/c1-12-6-4-9-17(10-12)13(18)15-11-14(16(2)3)7-5-8-14/h12H,4-11H2,1-3H3,(H,15,18). The van der Waals surface area contributed by atoms with Crippen LogP contribution in [0.5, 0.6) is 0 Å². The van der Waals surface area contributed by atoms with Gasteiger partial charge in [-0.25, -0.2) is 4.79 Å². The van der Waals surface area contributed by atoms with Crippen molar-refractivity contribution in [2.24, 2.45) is 5.92 Å². The molecular weight excluding hydrogens is 226 g/mol. The Labute approximate surface area is 111 Å². The average Bonchev–Trinajstić information content (AvgIpc) is 2.26. The highest BCUT2D eigenvalue weighted by molar-refractivity contribution is 5.74. The fraction of sp³-hybridized carbons (Fsp3) is 0.929. The Kier molecular flexibility index (Phi) is 4.15. The molecule has 1 atom stereocenters. The van der Waals surface area contributed by atoms with Crippen LogP contribution in [-0.2, 0) is 0 Å². The molecule has 0 radical (unpaired) electrons. The number of likely N-dealkylation sites (tertiary alicyclic amines) is 1. The maximum absolute atomic E-state index is 12.1. The topological polar surface area (TPSA) is 35.6 Å². The number of carbonyl (C=O) groups is 1. The summed E-state index contributed by atoms with van der Waals surface area (Å²) in [5.41, 5.74) is 0.219. The molecule has 1 aliphatic heterocycles. The molecule has 0 aromatic heterocycles. The Morgan fingerprint density at radius 3 is 2.61 bits per heavy atom. The van der Waals surface area contributed by atoms with E-state index in [4.69, 9.17) is 0 Å². The van der Waals surface area contributed by atoms with Crippen LogP contribution >= 0.6 is 0 Å². The van der Waals surface area contributed by atoms with Gasteiger partial charge in [-0.05, 0) is 52.1 Å². The first-order valence-corrected chi connectivity index (χ1v) is 7.24. The highest BCUT2D eigenvalue weighted by atomic mass is 16.2. The molecule has 4 nitrogen and oxygen atoms in total. The predicted octanol–water partition coefficient (Wildman–Crippen LogP) is 1.91. The molecule has 18 heavy (non-hydrogen) atoms. The van der Waals surface area contributed by atoms with E-state index in [9.17, 15) is 4.79 Å². The predicted molar refractivity (Wildman–Crippen MR) is 73.6 cm³/mol. The van der Waals surface area contributed by atoms with E-state index >= 15 is 0 Å². The van der Waals surface area contributed by atoms with Gasteiger partial charge >= 0.3 is 6.03 Å². The minimum atomic E-state index is 0.134. The van der Waals surface area contributed by atoms with Crippen molar-refractivity contribution in [2.75, 3.05) is 33.7 Å². The molecule has 104 valence electrons. The quantitative estimate of drug-likeness (QED) is 0.834. The lowest BCUT2D eigenvalue weighted by atomic mass is 9.75. The molecule has 0 bridgehead atoms. The van der Waals surface area contributed by atoms with Crippen molar-refractivity contribution < 1.29 is 4.79 Å². The van der Waals surface area contributed by atoms with Gasteiger partial charge < -0.3 is 15.1 Å². The summed E-state index contributed by atoms with van der Waals surface area (Å²) in [6.07, 6.45) is 6.10. The Bertz CT molecular complexity index is 299. The molecule has 2 fully saturated rings. The molecule has 0 spiro atoms. The molecule has 1 aliphatic carbocycles. The van der Waals surface area contributed by atoms with E-state index in [-0.39, 0.29) is 11.6 Å². The smallest absolute Gasteiger partial charge is 0.317 e. The van der Waals surface area contributed by atoms with Crippen LogP contribution in [0.2, 0.25) is 0 Å². The van der Waals surface area contributed by atoms with Crippen molar-refractivity contribution in [1.82, 2.24) is 15.1 Å². The van der Waals surface area contributed by atoms with Gasteiger partial charge in [0, 0.05) is 25.2 Å². The number of hydrogen-bond donors (Lipinski definition) is 1. The number of likely N-dealkylation sites (N-methyl/N-ethyl adjacent to an activating group) is 1. The summed E-state index contributed by atoms with van der Waals surface area (Å²) in [5, 5.41) is 3.14. The summed E-state index contributed by atoms with van der Waals surface area (Å²) in [6, 6.07) is 0.134. The van der Waals surface area contributed by atoms with Gasteiger partial charge in [0.2, 0.25) is 0 Å². The molecule has 2 amide bonds. The van der Waals surface area contributed by atoms with Crippen LogP contribution < -0.4 is 5.32 Å². The summed E-state index contributed by atoms with van der Waals surface area (Å²) < 4.78 is 0. The number of nitrogens with zero attached hydrogens (tertiary/aromatic N) is 2. The lowest BCUT2D eigenvalue weighted by Gasteiger charge is -2.47. The lowest BCUT2D eigenvalue weighted by molar-refractivity contribution is 0.0599. The SMILES string of the molecule is CC1CCCN(C(=O)NCC2(N(C)C)CCC2)C1. The maximum atomic E-state index is 12.1. The van der Waals surface area contributed by atoms with E-state index in [1.807, 2.05) is 4.90 Å². The molecule has 0 aromatic carbocycles. The van der Waals surface area contributed by atoms with E-state index in [1.165, 1.54) is 25.7 Å². The second-order valence-corrected chi connectivity index (χ2v) is 6.32. The van der Waals surface area contributed by atoms with Crippen molar-refractivity contribution >= 4 is 6.03 Å². The van der Waals surface area contributed by atoms with Crippen molar-refractivity contribution in [3.05, 3.63) is 0 Å². The molecule has 2 rings (SSSR count).